The van der Waals surface area contributed by atoms with Crippen molar-refractivity contribution in [3.05, 3.63) is 69.5 Å². The molecule has 0 aliphatic rings. The Morgan fingerprint density at radius 1 is 1.10 bits per heavy atom. The maximum atomic E-state index is 14.0. The van der Waals surface area contributed by atoms with Gasteiger partial charge in [-0.3, -0.25) is 5.84 Å². The summed E-state index contributed by atoms with van der Waals surface area (Å²) in [4.78, 5) is 0. The molecular formula is C14H12ClF3N2. The van der Waals surface area contributed by atoms with E-state index in [1.807, 2.05) is 0 Å². The predicted molar refractivity (Wildman–Crippen MR) is 71.7 cm³/mol. The van der Waals surface area contributed by atoms with Crippen LogP contribution in [0.2, 0.25) is 5.02 Å². The molecule has 3 N–H and O–H groups in total. The molecule has 2 aromatic rings. The number of nitrogens with one attached hydrogen (secondary N) is 1. The molecule has 0 saturated heterocycles. The molecule has 0 bridgehead atoms. The van der Waals surface area contributed by atoms with E-state index in [1.54, 1.807) is 0 Å². The highest BCUT2D eigenvalue weighted by molar-refractivity contribution is 6.31. The lowest BCUT2D eigenvalue weighted by Crippen LogP contribution is -2.30. The minimum absolute atomic E-state index is 0.0289. The third-order valence-corrected chi connectivity index (χ3v) is 3.40. The average Bonchev–Trinajstić information content (AvgIpc) is 2.42. The van der Waals surface area contributed by atoms with Crippen molar-refractivity contribution in [2.45, 2.75) is 13.0 Å². The van der Waals surface area contributed by atoms with Crippen molar-refractivity contribution in [3.63, 3.8) is 0 Å². The van der Waals surface area contributed by atoms with Crippen molar-refractivity contribution >= 4 is 11.6 Å². The van der Waals surface area contributed by atoms with E-state index >= 15 is 0 Å². The van der Waals surface area contributed by atoms with E-state index in [0.29, 0.717) is 0 Å². The monoisotopic (exact) mass is 300 g/mol. The lowest BCUT2D eigenvalue weighted by molar-refractivity contribution is 0.473. The van der Waals surface area contributed by atoms with Gasteiger partial charge in [-0.1, -0.05) is 29.8 Å². The van der Waals surface area contributed by atoms with Crippen molar-refractivity contribution in [2.24, 2.45) is 5.84 Å². The second-order valence-corrected chi connectivity index (χ2v) is 4.74. The second-order valence-electron chi connectivity index (χ2n) is 4.33. The summed E-state index contributed by atoms with van der Waals surface area (Å²) in [6, 6.07) is 5.70. The number of hydrazine groups is 1. The third kappa shape index (κ3) is 2.52. The molecule has 106 valence electrons. The fourth-order valence-corrected chi connectivity index (χ4v) is 2.27. The van der Waals surface area contributed by atoms with E-state index in [-0.39, 0.29) is 21.7 Å². The van der Waals surface area contributed by atoms with Crippen LogP contribution in [-0.4, -0.2) is 0 Å². The van der Waals surface area contributed by atoms with E-state index in [4.69, 9.17) is 17.4 Å². The quantitative estimate of drug-likeness (QED) is 0.671. The highest BCUT2D eigenvalue weighted by Crippen LogP contribution is 2.32. The van der Waals surface area contributed by atoms with Gasteiger partial charge in [0.05, 0.1) is 6.04 Å². The largest absolute Gasteiger partial charge is 0.271 e. The zero-order valence-electron chi connectivity index (χ0n) is 10.6. The first-order chi connectivity index (χ1) is 9.47. The van der Waals surface area contributed by atoms with Crippen LogP contribution in [0.4, 0.5) is 13.2 Å². The van der Waals surface area contributed by atoms with Gasteiger partial charge in [-0.05, 0) is 24.6 Å². The van der Waals surface area contributed by atoms with Crippen molar-refractivity contribution in [1.82, 2.24) is 5.43 Å². The molecule has 0 saturated carbocycles. The number of hydrogen-bond donors (Lipinski definition) is 2. The number of nitrogens with two attached hydrogens (primary N) is 1. The molecule has 0 radical (unpaired) electrons. The molecule has 0 heterocycles. The fraction of sp³-hybridized carbons (Fsp3) is 0.143. The maximum absolute atomic E-state index is 14.0. The van der Waals surface area contributed by atoms with E-state index in [0.717, 1.165) is 0 Å². The summed E-state index contributed by atoms with van der Waals surface area (Å²) in [5, 5.41) is 0.0772. The number of aryl methyl sites for hydroxylation is 1. The Morgan fingerprint density at radius 3 is 2.40 bits per heavy atom. The first-order valence-corrected chi connectivity index (χ1v) is 6.19. The third-order valence-electron chi connectivity index (χ3n) is 3.07. The SMILES string of the molecule is Cc1ccc(C(NN)c2c(F)cccc2Cl)c(F)c1F. The Balaban J connectivity index is 2.62. The van der Waals surface area contributed by atoms with Crippen molar-refractivity contribution < 1.29 is 13.2 Å². The average molecular weight is 301 g/mol. The fourth-order valence-electron chi connectivity index (χ4n) is 2.00. The zero-order chi connectivity index (χ0) is 14.9. The summed E-state index contributed by atoms with van der Waals surface area (Å²) in [7, 11) is 0. The molecule has 0 aliphatic heterocycles. The van der Waals surface area contributed by atoms with Crippen LogP contribution in [0.5, 0.6) is 0 Å². The molecule has 2 rings (SSSR count). The minimum Gasteiger partial charge on any atom is -0.271 e. The van der Waals surface area contributed by atoms with Gasteiger partial charge in [0.2, 0.25) is 0 Å². The highest BCUT2D eigenvalue weighted by Gasteiger charge is 2.24. The van der Waals surface area contributed by atoms with Crippen molar-refractivity contribution in [3.8, 4) is 0 Å². The first-order valence-electron chi connectivity index (χ1n) is 5.82. The van der Waals surface area contributed by atoms with Crippen LogP contribution in [-0.2, 0) is 0 Å². The number of rotatable bonds is 3. The summed E-state index contributed by atoms with van der Waals surface area (Å²) in [5.74, 6) is 2.65. The smallest absolute Gasteiger partial charge is 0.164 e. The Bertz CT molecular complexity index is 626. The molecule has 1 atom stereocenters. The number of hydrogen-bond acceptors (Lipinski definition) is 2. The van der Waals surface area contributed by atoms with Crippen LogP contribution in [0.25, 0.3) is 0 Å². The zero-order valence-corrected chi connectivity index (χ0v) is 11.3. The van der Waals surface area contributed by atoms with Crippen LogP contribution in [0.3, 0.4) is 0 Å². The van der Waals surface area contributed by atoms with Gasteiger partial charge in [0.25, 0.3) is 0 Å². The Hall–Kier alpha value is -1.56. The number of halogens is 4. The molecule has 2 aromatic carbocycles. The van der Waals surface area contributed by atoms with Gasteiger partial charge in [-0.25, -0.2) is 18.6 Å². The van der Waals surface area contributed by atoms with E-state index in [1.165, 1.54) is 37.3 Å². The Kier molecular flexibility index (Phi) is 4.32. The minimum atomic E-state index is -1.08. The second kappa shape index (κ2) is 5.83. The normalized spacial score (nSPS) is 12.5. The molecule has 6 heteroatoms. The van der Waals surface area contributed by atoms with Gasteiger partial charge in [0.1, 0.15) is 5.82 Å². The highest BCUT2D eigenvalue weighted by atomic mass is 35.5. The van der Waals surface area contributed by atoms with Crippen LogP contribution >= 0.6 is 11.6 Å². The molecule has 0 aromatic heterocycles. The Labute approximate surface area is 119 Å². The van der Waals surface area contributed by atoms with Crippen LogP contribution in [0, 0.1) is 24.4 Å². The van der Waals surface area contributed by atoms with E-state index in [2.05, 4.69) is 5.43 Å². The molecule has 2 nitrogen and oxygen atoms in total. The maximum Gasteiger partial charge on any atom is 0.164 e. The Morgan fingerprint density at radius 2 is 1.80 bits per heavy atom. The van der Waals surface area contributed by atoms with Crippen LogP contribution < -0.4 is 11.3 Å². The van der Waals surface area contributed by atoms with Crippen molar-refractivity contribution in [1.29, 1.82) is 0 Å². The number of benzene rings is 2. The summed E-state index contributed by atoms with van der Waals surface area (Å²) >= 11 is 5.92. The first kappa shape index (κ1) is 14.8. The van der Waals surface area contributed by atoms with Gasteiger partial charge < -0.3 is 0 Å². The summed E-state index contributed by atoms with van der Waals surface area (Å²) in [6.45, 7) is 1.43. The molecule has 0 amide bonds. The molecule has 20 heavy (non-hydrogen) atoms. The van der Waals surface area contributed by atoms with Crippen LogP contribution in [0.15, 0.2) is 30.3 Å². The summed E-state index contributed by atoms with van der Waals surface area (Å²) in [6.07, 6.45) is 0. The van der Waals surface area contributed by atoms with Gasteiger partial charge >= 0.3 is 0 Å². The van der Waals surface area contributed by atoms with Gasteiger partial charge in [0, 0.05) is 16.1 Å². The van der Waals surface area contributed by atoms with Gasteiger partial charge in [0.15, 0.2) is 11.6 Å². The lowest BCUT2D eigenvalue weighted by Gasteiger charge is -2.20. The summed E-state index contributed by atoms with van der Waals surface area (Å²) in [5.41, 5.74) is 2.29. The summed E-state index contributed by atoms with van der Waals surface area (Å²) < 4.78 is 41.5. The molecule has 0 fully saturated rings. The molecular weight excluding hydrogens is 289 g/mol. The van der Waals surface area contributed by atoms with E-state index in [9.17, 15) is 13.2 Å². The lowest BCUT2D eigenvalue weighted by atomic mass is 9.97. The van der Waals surface area contributed by atoms with Gasteiger partial charge in [-0.15, -0.1) is 0 Å². The predicted octanol–water partition coefficient (Wildman–Crippen LogP) is 3.62. The standard InChI is InChI=1S/C14H12ClF3N2/c1-7-5-6-8(13(18)12(7)17)14(20-19)11-9(15)3-2-4-10(11)16/h2-6,14,20H,19H2,1H3. The topological polar surface area (TPSA) is 38.0 Å². The molecule has 0 aliphatic carbocycles. The van der Waals surface area contributed by atoms with Crippen molar-refractivity contribution in [2.75, 3.05) is 0 Å². The molecule has 0 spiro atoms. The van der Waals surface area contributed by atoms with Crippen LogP contribution in [0.1, 0.15) is 22.7 Å². The van der Waals surface area contributed by atoms with Gasteiger partial charge in [-0.2, -0.15) is 0 Å². The van der Waals surface area contributed by atoms with E-state index < -0.39 is 23.5 Å². The molecule has 1 unspecified atom stereocenters.